The molecule has 0 aliphatic carbocycles. The molecule has 9 heteroatoms. The van der Waals surface area contributed by atoms with Crippen LogP contribution in [0.4, 0.5) is 10.5 Å². The maximum absolute atomic E-state index is 14.7. The van der Waals surface area contributed by atoms with Gasteiger partial charge >= 0.3 is 6.09 Å². The number of amides is 3. The average molecular weight is 650 g/mol. The quantitative estimate of drug-likeness (QED) is 0.153. The molecule has 8 nitrogen and oxygen atoms in total. The molecule has 0 saturated heterocycles. The van der Waals surface area contributed by atoms with Crippen molar-refractivity contribution in [1.82, 2.24) is 10.2 Å². The summed E-state index contributed by atoms with van der Waals surface area (Å²) in [5.74, 6) is -0.748. The standard InChI is InChI=1S/C37H48ClN3O5/c1-7-9-10-11-23-41(35(44)31(39-36(45)46-37(4,5)6)24-27-17-21-29(42)22-18-27)33(28-19-15-26(8-2)16-20-28)34(43)40-32-25(3)13-12-14-30(32)38/h12-22,31,33,42H,7-11,23-24H2,1-6H3,(H,39,45)(H,40,43). The number of alkyl carbamates (subject to hydrolysis) is 1. The number of carbonyl (C=O) groups is 3. The number of aromatic hydroxyl groups is 1. The second-order valence-electron chi connectivity index (χ2n) is 12.6. The number of phenolic OH excluding ortho intramolecular Hbond substituents is 1. The number of ether oxygens (including phenoxy) is 1. The fourth-order valence-electron chi connectivity index (χ4n) is 5.18. The molecule has 0 radical (unpaired) electrons. The molecule has 248 valence electrons. The second-order valence-corrected chi connectivity index (χ2v) is 13.0. The summed E-state index contributed by atoms with van der Waals surface area (Å²) in [5, 5.41) is 16.0. The van der Waals surface area contributed by atoms with Crippen LogP contribution in [0.1, 0.15) is 88.6 Å². The fourth-order valence-corrected chi connectivity index (χ4v) is 5.45. The van der Waals surface area contributed by atoms with Gasteiger partial charge in [-0.25, -0.2) is 4.79 Å². The van der Waals surface area contributed by atoms with Crippen LogP contribution in [-0.2, 0) is 27.2 Å². The number of unbranched alkanes of at least 4 members (excludes halogenated alkanes) is 3. The molecule has 3 rings (SSSR count). The molecule has 2 unspecified atom stereocenters. The Balaban J connectivity index is 2.11. The van der Waals surface area contributed by atoms with Gasteiger partial charge in [0.15, 0.2) is 0 Å². The maximum atomic E-state index is 14.7. The Bertz CT molecular complexity index is 1430. The molecule has 3 N–H and O–H groups in total. The lowest BCUT2D eigenvalue weighted by atomic mass is 9.98. The normalized spacial score (nSPS) is 12.6. The third-order valence-corrected chi connectivity index (χ3v) is 7.95. The Kier molecular flexibility index (Phi) is 13.5. The van der Waals surface area contributed by atoms with Crippen molar-refractivity contribution in [3.8, 4) is 5.75 Å². The van der Waals surface area contributed by atoms with Crippen molar-refractivity contribution in [3.05, 3.63) is 94.0 Å². The van der Waals surface area contributed by atoms with Crippen LogP contribution >= 0.6 is 11.6 Å². The second kappa shape index (κ2) is 17.0. The van der Waals surface area contributed by atoms with Gasteiger partial charge in [-0.3, -0.25) is 9.59 Å². The van der Waals surface area contributed by atoms with Gasteiger partial charge < -0.3 is 25.4 Å². The van der Waals surface area contributed by atoms with Crippen LogP contribution in [0.5, 0.6) is 5.75 Å². The van der Waals surface area contributed by atoms with Gasteiger partial charge in [0, 0.05) is 13.0 Å². The summed E-state index contributed by atoms with van der Waals surface area (Å²) >= 11 is 6.51. The van der Waals surface area contributed by atoms with E-state index in [-0.39, 0.29) is 18.7 Å². The molecule has 46 heavy (non-hydrogen) atoms. The molecular formula is C37H48ClN3O5. The number of rotatable bonds is 14. The lowest BCUT2D eigenvalue weighted by Crippen LogP contribution is -2.53. The Morgan fingerprint density at radius 1 is 0.913 bits per heavy atom. The smallest absolute Gasteiger partial charge is 0.408 e. The first kappa shape index (κ1) is 36.4. The van der Waals surface area contributed by atoms with Gasteiger partial charge in [-0.15, -0.1) is 0 Å². The zero-order chi connectivity index (χ0) is 33.9. The van der Waals surface area contributed by atoms with Gasteiger partial charge in [-0.2, -0.15) is 0 Å². The van der Waals surface area contributed by atoms with Crippen LogP contribution in [0.25, 0.3) is 0 Å². The van der Waals surface area contributed by atoms with E-state index >= 15 is 0 Å². The van der Waals surface area contributed by atoms with Crippen molar-refractivity contribution >= 4 is 35.2 Å². The average Bonchev–Trinajstić information content (AvgIpc) is 3.00. The predicted octanol–water partition coefficient (Wildman–Crippen LogP) is 8.14. The highest BCUT2D eigenvalue weighted by molar-refractivity contribution is 6.34. The van der Waals surface area contributed by atoms with Gasteiger partial charge in [-0.05, 0) is 81.0 Å². The summed E-state index contributed by atoms with van der Waals surface area (Å²) in [5.41, 5.74) is 2.95. The van der Waals surface area contributed by atoms with E-state index in [9.17, 15) is 19.5 Å². The number of hydrogen-bond acceptors (Lipinski definition) is 5. The number of anilines is 1. The molecule has 0 saturated carbocycles. The van der Waals surface area contributed by atoms with E-state index in [1.807, 2.05) is 43.3 Å². The minimum absolute atomic E-state index is 0.0893. The Hall–Kier alpha value is -4.04. The highest BCUT2D eigenvalue weighted by atomic mass is 35.5. The number of nitrogens with one attached hydrogen (secondary N) is 2. The van der Waals surface area contributed by atoms with E-state index in [1.54, 1.807) is 43.9 Å². The molecule has 0 heterocycles. The number of para-hydroxylation sites is 1. The summed E-state index contributed by atoms with van der Waals surface area (Å²) < 4.78 is 5.54. The van der Waals surface area contributed by atoms with Crippen molar-refractivity contribution < 1.29 is 24.2 Å². The van der Waals surface area contributed by atoms with Crippen molar-refractivity contribution in [2.24, 2.45) is 0 Å². The van der Waals surface area contributed by atoms with Crippen LogP contribution in [0, 0.1) is 6.92 Å². The molecule has 2 atom stereocenters. The number of nitrogens with zero attached hydrogens (tertiary/aromatic N) is 1. The first-order chi connectivity index (χ1) is 21.8. The number of phenols is 1. The Morgan fingerprint density at radius 2 is 1.57 bits per heavy atom. The number of aryl methyl sites for hydroxylation is 2. The van der Waals surface area contributed by atoms with E-state index in [4.69, 9.17) is 16.3 Å². The molecule has 0 aliphatic rings. The zero-order valence-electron chi connectivity index (χ0n) is 27.9. The van der Waals surface area contributed by atoms with Gasteiger partial charge in [0.05, 0.1) is 10.7 Å². The van der Waals surface area contributed by atoms with Crippen molar-refractivity contribution in [3.63, 3.8) is 0 Å². The van der Waals surface area contributed by atoms with Crippen molar-refractivity contribution in [2.45, 2.75) is 97.8 Å². The van der Waals surface area contributed by atoms with Gasteiger partial charge in [0.2, 0.25) is 5.91 Å². The third kappa shape index (κ3) is 10.8. The van der Waals surface area contributed by atoms with E-state index in [2.05, 4.69) is 24.5 Å². The SMILES string of the molecule is CCCCCCN(C(=O)C(Cc1ccc(O)cc1)NC(=O)OC(C)(C)C)C(C(=O)Nc1c(C)cccc1Cl)c1ccc(CC)cc1. The number of benzene rings is 3. The molecule has 3 aromatic rings. The highest BCUT2D eigenvalue weighted by Gasteiger charge is 2.36. The molecular weight excluding hydrogens is 602 g/mol. The minimum Gasteiger partial charge on any atom is -0.508 e. The highest BCUT2D eigenvalue weighted by Crippen LogP contribution is 2.30. The van der Waals surface area contributed by atoms with Crippen LogP contribution in [-0.4, -0.2) is 46.1 Å². The zero-order valence-corrected chi connectivity index (χ0v) is 28.6. The van der Waals surface area contributed by atoms with Gasteiger partial charge in [-0.1, -0.05) is 93.2 Å². The first-order valence-corrected chi connectivity index (χ1v) is 16.4. The molecule has 0 spiro atoms. The number of halogens is 1. The lowest BCUT2D eigenvalue weighted by molar-refractivity contribution is -0.140. The Morgan fingerprint density at radius 3 is 2.15 bits per heavy atom. The number of hydrogen-bond donors (Lipinski definition) is 3. The van der Waals surface area contributed by atoms with Crippen LogP contribution in [0.2, 0.25) is 5.02 Å². The first-order valence-electron chi connectivity index (χ1n) is 16.1. The van der Waals surface area contributed by atoms with E-state index in [0.717, 1.165) is 42.4 Å². The van der Waals surface area contributed by atoms with E-state index < -0.39 is 35.6 Å². The van der Waals surface area contributed by atoms with Crippen molar-refractivity contribution in [1.29, 1.82) is 0 Å². The summed E-state index contributed by atoms with van der Waals surface area (Å²) in [4.78, 5) is 43.7. The molecule has 0 bridgehead atoms. The lowest BCUT2D eigenvalue weighted by Gasteiger charge is -2.35. The van der Waals surface area contributed by atoms with Crippen molar-refractivity contribution in [2.75, 3.05) is 11.9 Å². The van der Waals surface area contributed by atoms with Crippen LogP contribution in [0.3, 0.4) is 0 Å². The monoisotopic (exact) mass is 649 g/mol. The van der Waals surface area contributed by atoms with Crippen LogP contribution in [0.15, 0.2) is 66.7 Å². The van der Waals surface area contributed by atoms with Crippen LogP contribution < -0.4 is 10.6 Å². The molecule has 0 aliphatic heterocycles. The summed E-state index contributed by atoms with van der Waals surface area (Å²) in [6, 6.07) is 17.5. The maximum Gasteiger partial charge on any atom is 0.408 e. The van der Waals surface area contributed by atoms with E-state index in [0.29, 0.717) is 22.7 Å². The fraction of sp³-hybridized carbons (Fsp3) is 0.432. The van der Waals surface area contributed by atoms with Gasteiger partial charge in [0.1, 0.15) is 23.4 Å². The largest absolute Gasteiger partial charge is 0.508 e. The Labute approximate surface area is 278 Å². The summed E-state index contributed by atoms with van der Waals surface area (Å²) in [7, 11) is 0. The molecule has 3 amide bonds. The molecule has 0 fully saturated rings. The molecule has 0 aromatic heterocycles. The predicted molar refractivity (Wildman–Crippen MR) is 184 cm³/mol. The third-order valence-electron chi connectivity index (χ3n) is 7.63. The summed E-state index contributed by atoms with van der Waals surface area (Å²) in [6.45, 7) is 11.6. The minimum atomic E-state index is -1.06. The molecule has 3 aromatic carbocycles. The number of carbonyl (C=O) groups excluding carboxylic acids is 3. The van der Waals surface area contributed by atoms with E-state index in [1.165, 1.54) is 12.1 Å². The topological polar surface area (TPSA) is 108 Å². The van der Waals surface area contributed by atoms with Gasteiger partial charge in [0.25, 0.3) is 5.91 Å². The summed E-state index contributed by atoms with van der Waals surface area (Å²) in [6.07, 6.45) is 3.73.